The number of hydrogen-bond acceptors (Lipinski definition) is 5. The molecule has 1 unspecified atom stereocenters. The molecule has 3 aliphatic rings. The van der Waals surface area contributed by atoms with Gasteiger partial charge in [-0.25, -0.2) is 13.6 Å². The zero-order valence-electron chi connectivity index (χ0n) is 25.1. The molecule has 3 atom stereocenters. The summed E-state index contributed by atoms with van der Waals surface area (Å²) in [7, 11) is 1.42. The Balaban J connectivity index is 1.56. The number of benzene rings is 3. The third kappa shape index (κ3) is 4.90. The van der Waals surface area contributed by atoms with E-state index in [1.165, 1.54) is 19.2 Å². The Labute approximate surface area is 260 Å². The molecular weight excluding hydrogens is 590 g/mol. The number of nitrogens with zero attached hydrogens (tertiary/aromatic N) is 1. The van der Waals surface area contributed by atoms with Crippen LogP contribution in [0.1, 0.15) is 78.7 Å². The third-order valence-electron chi connectivity index (χ3n) is 8.85. The lowest BCUT2D eigenvalue weighted by Crippen LogP contribution is -2.53. The highest BCUT2D eigenvalue weighted by atomic mass is 35.5. The number of fused-ring (bicyclic) bond motifs is 2. The summed E-state index contributed by atoms with van der Waals surface area (Å²) in [5.74, 6) is -2.00. The van der Waals surface area contributed by atoms with Gasteiger partial charge >= 0.3 is 6.09 Å². The number of carbonyl (C=O) groups is 2. The average Bonchev–Trinajstić information content (AvgIpc) is 3.71. The van der Waals surface area contributed by atoms with Crippen LogP contribution in [0.2, 0.25) is 5.02 Å². The molecule has 3 aromatic rings. The van der Waals surface area contributed by atoms with Crippen molar-refractivity contribution in [3.8, 4) is 16.9 Å². The fraction of sp³-hybridized carbons (Fsp3) is 0.412. The Hall–Kier alpha value is -3.69. The van der Waals surface area contributed by atoms with Crippen LogP contribution in [0, 0.1) is 11.6 Å². The van der Waals surface area contributed by atoms with Crippen LogP contribution in [-0.2, 0) is 23.2 Å². The van der Waals surface area contributed by atoms with Gasteiger partial charge in [0.1, 0.15) is 23.0 Å². The van der Waals surface area contributed by atoms with Crippen molar-refractivity contribution in [2.75, 3.05) is 13.6 Å². The predicted molar refractivity (Wildman–Crippen MR) is 162 cm³/mol. The summed E-state index contributed by atoms with van der Waals surface area (Å²) < 4.78 is 44.7. The number of aliphatic hydroxyl groups is 1. The van der Waals surface area contributed by atoms with Gasteiger partial charge in [0.2, 0.25) is 0 Å². The van der Waals surface area contributed by atoms with Crippen LogP contribution in [-0.4, -0.2) is 47.2 Å². The highest BCUT2D eigenvalue weighted by Crippen LogP contribution is 2.54. The number of hydrogen-bond donors (Lipinski definition) is 2. The van der Waals surface area contributed by atoms with Crippen molar-refractivity contribution in [1.82, 2.24) is 10.2 Å². The Morgan fingerprint density at radius 2 is 1.84 bits per heavy atom. The van der Waals surface area contributed by atoms with E-state index >= 15 is 8.78 Å². The maximum absolute atomic E-state index is 16.5. The largest absolute Gasteiger partial charge is 0.480 e. The lowest BCUT2D eigenvalue weighted by molar-refractivity contribution is -0.0216. The molecule has 0 saturated carbocycles. The maximum atomic E-state index is 16.5. The van der Waals surface area contributed by atoms with Crippen LogP contribution in [0.5, 0.6) is 5.75 Å². The summed E-state index contributed by atoms with van der Waals surface area (Å²) in [6, 6.07) is 11.5. The Bertz CT molecular complexity index is 1660. The van der Waals surface area contributed by atoms with Crippen LogP contribution >= 0.6 is 11.6 Å². The summed E-state index contributed by atoms with van der Waals surface area (Å²) >= 11 is 6.67. The minimum atomic E-state index is -1.18. The van der Waals surface area contributed by atoms with Crippen LogP contribution in [0.25, 0.3) is 11.1 Å². The molecule has 2 aliphatic heterocycles. The van der Waals surface area contributed by atoms with Gasteiger partial charge in [-0.2, -0.15) is 0 Å². The summed E-state index contributed by atoms with van der Waals surface area (Å²) in [4.78, 5) is 28.3. The molecule has 0 aromatic heterocycles. The van der Waals surface area contributed by atoms with E-state index in [0.717, 1.165) is 5.56 Å². The molecule has 3 aromatic carbocycles. The zero-order chi connectivity index (χ0) is 31.6. The average molecular weight is 625 g/mol. The number of carbonyl (C=O) groups excluding carboxylic acids is 2. The van der Waals surface area contributed by atoms with E-state index in [2.05, 4.69) is 5.32 Å². The summed E-state index contributed by atoms with van der Waals surface area (Å²) in [6.45, 7) is 5.85. The molecular formula is C34H35ClF2N2O5. The number of halogens is 3. The second-order valence-electron chi connectivity index (χ2n) is 12.7. The predicted octanol–water partition coefficient (Wildman–Crippen LogP) is 6.85. The van der Waals surface area contributed by atoms with Gasteiger partial charge in [-0.1, -0.05) is 41.9 Å². The van der Waals surface area contributed by atoms with Gasteiger partial charge < -0.3 is 24.8 Å². The number of amides is 2. The number of nitrogens with one attached hydrogen (secondary N) is 1. The number of likely N-dealkylation sites (tertiary alicyclic amines) is 1. The molecule has 2 amide bonds. The normalized spacial score (nSPS) is 22.4. The van der Waals surface area contributed by atoms with Crippen molar-refractivity contribution < 1.29 is 33.0 Å². The minimum Gasteiger partial charge on any atom is -0.480 e. The van der Waals surface area contributed by atoms with Crippen molar-refractivity contribution in [2.45, 2.75) is 76.2 Å². The van der Waals surface area contributed by atoms with Crippen LogP contribution in [0.4, 0.5) is 13.6 Å². The third-order valence-corrected chi connectivity index (χ3v) is 9.22. The second-order valence-corrected chi connectivity index (χ2v) is 13.1. The first-order valence-corrected chi connectivity index (χ1v) is 15.2. The molecule has 6 rings (SSSR count). The van der Waals surface area contributed by atoms with Gasteiger partial charge in [-0.15, -0.1) is 0 Å². The number of ether oxygens (including phenoxy) is 2. The first kappa shape index (κ1) is 30.3. The monoisotopic (exact) mass is 624 g/mol. The smallest absolute Gasteiger partial charge is 0.410 e. The van der Waals surface area contributed by atoms with Crippen molar-refractivity contribution in [1.29, 1.82) is 0 Å². The fourth-order valence-corrected chi connectivity index (χ4v) is 7.23. The molecule has 1 saturated heterocycles. The Kier molecular flexibility index (Phi) is 7.61. The molecule has 44 heavy (non-hydrogen) atoms. The molecule has 7 nitrogen and oxygen atoms in total. The zero-order valence-corrected chi connectivity index (χ0v) is 25.9. The maximum Gasteiger partial charge on any atom is 0.410 e. The van der Waals surface area contributed by atoms with E-state index in [-0.39, 0.29) is 45.9 Å². The lowest BCUT2D eigenvalue weighted by atomic mass is 9.79. The molecule has 0 spiro atoms. The van der Waals surface area contributed by atoms with Crippen molar-refractivity contribution in [3.63, 3.8) is 0 Å². The SMILES string of the molecule is CNC(=O)c1cc2c(c(F)c1-c1c(Cl)c(F)cc3c1C[C@](c1ccccc1)([C@@H]1CCCN1C(=O)OC(C)(C)C)O3)CCC2O. The molecule has 2 N–H and O–H groups in total. The number of aliphatic hydroxyl groups excluding tert-OH is 1. The first-order valence-electron chi connectivity index (χ1n) is 14.9. The van der Waals surface area contributed by atoms with Gasteiger partial charge in [0.25, 0.3) is 5.91 Å². The quantitative estimate of drug-likeness (QED) is 0.331. The highest BCUT2D eigenvalue weighted by molar-refractivity contribution is 6.34. The van der Waals surface area contributed by atoms with Crippen LogP contribution in [0.15, 0.2) is 42.5 Å². The molecule has 232 valence electrons. The van der Waals surface area contributed by atoms with E-state index in [9.17, 15) is 14.7 Å². The van der Waals surface area contributed by atoms with Gasteiger partial charge in [0.15, 0.2) is 5.60 Å². The standard InChI is InChI=1S/C34H35ClF2N2O5/c1-33(2,3)44-32(42)39-14-8-11-26(39)34(18-9-6-5-7-10-18)17-22-25(43-34)16-23(36)29(35)27(22)28-21(31(41)38-4)15-20-19(30(28)37)12-13-24(20)40/h5-7,9-10,15-16,24,26,40H,8,11-14,17H2,1-4H3,(H,38,41)/t24?,26-,34-/m0/s1. The van der Waals surface area contributed by atoms with Crippen molar-refractivity contribution >= 4 is 23.6 Å². The first-order chi connectivity index (χ1) is 20.9. The second kappa shape index (κ2) is 11.0. The summed E-state index contributed by atoms with van der Waals surface area (Å²) in [5, 5.41) is 12.7. The summed E-state index contributed by atoms with van der Waals surface area (Å²) in [5.41, 5.74) is -0.281. The van der Waals surface area contributed by atoms with Gasteiger partial charge in [0.05, 0.1) is 22.7 Å². The fourth-order valence-electron chi connectivity index (χ4n) is 6.97. The number of rotatable bonds is 4. The van der Waals surface area contributed by atoms with Crippen LogP contribution < -0.4 is 10.1 Å². The molecule has 1 fully saturated rings. The molecule has 2 heterocycles. The van der Waals surface area contributed by atoms with Gasteiger partial charge in [-0.3, -0.25) is 4.79 Å². The molecule has 10 heteroatoms. The van der Waals surface area contributed by atoms with E-state index in [1.807, 2.05) is 30.3 Å². The van der Waals surface area contributed by atoms with E-state index in [4.69, 9.17) is 21.1 Å². The molecule has 0 bridgehead atoms. The van der Waals surface area contributed by atoms with Gasteiger partial charge in [-0.05, 0) is 69.2 Å². The highest BCUT2D eigenvalue weighted by Gasteiger charge is 2.54. The van der Waals surface area contributed by atoms with E-state index in [0.29, 0.717) is 36.9 Å². The topological polar surface area (TPSA) is 88.1 Å². The summed E-state index contributed by atoms with van der Waals surface area (Å²) in [6.07, 6.45) is 0.574. The van der Waals surface area contributed by atoms with E-state index in [1.54, 1.807) is 25.7 Å². The Morgan fingerprint density at radius 3 is 2.52 bits per heavy atom. The van der Waals surface area contributed by atoms with Gasteiger partial charge in [0, 0.05) is 42.8 Å². The minimum absolute atomic E-state index is 0.0292. The van der Waals surface area contributed by atoms with E-state index < -0.39 is 47.0 Å². The molecule has 0 radical (unpaired) electrons. The molecule has 1 aliphatic carbocycles. The van der Waals surface area contributed by atoms with Crippen LogP contribution in [0.3, 0.4) is 0 Å². The van der Waals surface area contributed by atoms with Crippen molar-refractivity contribution in [2.24, 2.45) is 0 Å². The Morgan fingerprint density at radius 1 is 1.11 bits per heavy atom. The van der Waals surface area contributed by atoms with Crippen molar-refractivity contribution in [3.05, 3.63) is 86.9 Å². The lowest BCUT2D eigenvalue weighted by Gasteiger charge is -2.40.